The van der Waals surface area contributed by atoms with Gasteiger partial charge in [0.2, 0.25) is 0 Å². The molecule has 1 aliphatic heterocycles. The minimum Gasteiger partial charge on any atom is -0.357 e. The molecular formula is C18H30F3N5S. The van der Waals surface area contributed by atoms with Crippen molar-refractivity contribution >= 4 is 17.3 Å². The SMILES string of the molecule is CCNC(=NCc1nc(C(F)(F)F)cs1)NCCCCN1CCCC(C)C1. The summed E-state index contributed by atoms with van der Waals surface area (Å²) in [5.41, 5.74) is -0.845. The predicted octanol–water partition coefficient (Wildman–Crippen LogP) is 3.73. The van der Waals surface area contributed by atoms with Gasteiger partial charge in [0, 0.05) is 25.0 Å². The molecule has 2 N–H and O–H groups in total. The lowest BCUT2D eigenvalue weighted by Gasteiger charge is -2.30. The van der Waals surface area contributed by atoms with E-state index in [0.717, 1.165) is 48.6 Å². The number of aliphatic imine (C=N–C) groups is 1. The van der Waals surface area contributed by atoms with Crippen LogP contribution in [0, 0.1) is 5.92 Å². The lowest BCUT2D eigenvalue weighted by molar-refractivity contribution is -0.140. The van der Waals surface area contributed by atoms with E-state index in [9.17, 15) is 13.2 Å². The van der Waals surface area contributed by atoms with Crippen molar-refractivity contribution in [2.75, 3.05) is 32.7 Å². The Bertz CT molecular complexity index is 588. The second-order valence-electron chi connectivity index (χ2n) is 7.00. The third kappa shape index (κ3) is 8.04. The Morgan fingerprint density at radius 3 is 2.85 bits per heavy atom. The average molecular weight is 406 g/mol. The zero-order chi connectivity index (χ0) is 19.7. The highest BCUT2D eigenvalue weighted by Crippen LogP contribution is 2.30. The number of nitrogens with zero attached hydrogens (tertiary/aromatic N) is 3. The van der Waals surface area contributed by atoms with Crippen LogP contribution in [-0.2, 0) is 12.7 Å². The van der Waals surface area contributed by atoms with Crippen LogP contribution in [-0.4, -0.2) is 48.6 Å². The van der Waals surface area contributed by atoms with Crippen LogP contribution in [0.1, 0.15) is 50.2 Å². The van der Waals surface area contributed by atoms with Gasteiger partial charge in [-0.2, -0.15) is 13.2 Å². The van der Waals surface area contributed by atoms with Crippen LogP contribution in [0.25, 0.3) is 0 Å². The lowest BCUT2D eigenvalue weighted by Crippen LogP contribution is -2.38. The van der Waals surface area contributed by atoms with E-state index in [0.29, 0.717) is 17.5 Å². The summed E-state index contributed by atoms with van der Waals surface area (Å²) in [4.78, 5) is 10.5. The third-order valence-electron chi connectivity index (χ3n) is 4.49. The summed E-state index contributed by atoms with van der Waals surface area (Å²) in [5.74, 6) is 1.42. The number of hydrogen-bond acceptors (Lipinski definition) is 4. The standard InChI is InChI=1S/C18H30F3N5S/c1-3-22-17(24-11-16-25-15(13-27-16)18(19,20)21)23-8-4-5-9-26-10-6-7-14(2)12-26/h13-14H,3-12H2,1-2H3,(H2,22,23,24). The van der Waals surface area contributed by atoms with Gasteiger partial charge in [-0.05, 0) is 51.6 Å². The molecule has 0 aromatic carbocycles. The van der Waals surface area contributed by atoms with Gasteiger partial charge in [0.05, 0.1) is 6.54 Å². The van der Waals surface area contributed by atoms with Gasteiger partial charge < -0.3 is 15.5 Å². The third-order valence-corrected chi connectivity index (χ3v) is 5.33. The van der Waals surface area contributed by atoms with Crippen LogP contribution in [0.4, 0.5) is 13.2 Å². The van der Waals surface area contributed by atoms with Gasteiger partial charge in [0.25, 0.3) is 0 Å². The molecule has 0 spiro atoms. The Hall–Kier alpha value is -1.35. The van der Waals surface area contributed by atoms with Crippen molar-refractivity contribution in [1.82, 2.24) is 20.5 Å². The van der Waals surface area contributed by atoms with Crippen molar-refractivity contribution in [3.8, 4) is 0 Å². The fourth-order valence-electron chi connectivity index (χ4n) is 3.16. The van der Waals surface area contributed by atoms with Crippen molar-refractivity contribution in [2.24, 2.45) is 10.9 Å². The number of unbranched alkanes of at least 4 members (excludes halogenated alkanes) is 1. The number of hydrogen-bond donors (Lipinski definition) is 2. The largest absolute Gasteiger partial charge is 0.434 e. The van der Waals surface area contributed by atoms with Gasteiger partial charge in [0.1, 0.15) is 5.01 Å². The van der Waals surface area contributed by atoms with E-state index >= 15 is 0 Å². The summed E-state index contributed by atoms with van der Waals surface area (Å²) in [6, 6.07) is 0. The number of guanidine groups is 1. The molecule has 1 fully saturated rings. The Morgan fingerprint density at radius 2 is 2.19 bits per heavy atom. The molecule has 154 valence electrons. The first kappa shape index (κ1) is 21.9. The van der Waals surface area contributed by atoms with Crippen LogP contribution in [0.5, 0.6) is 0 Å². The molecule has 2 rings (SSSR count). The monoisotopic (exact) mass is 405 g/mol. The number of halogens is 3. The summed E-state index contributed by atoms with van der Waals surface area (Å²) in [7, 11) is 0. The maximum Gasteiger partial charge on any atom is 0.434 e. The van der Waals surface area contributed by atoms with Crippen molar-refractivity contribution in [2.45, 2.75) is 52.3 Å². The van der Waals surface area contributed by atoms with Crippen LogP contribution in [0.3, 0.4) is 0 Å². The minimum absolute atomic E-state index is 0.141. The maximum absolute atomic E-state index is 12.6. The normalized spacial score (nSPS) is 19.3. The van der Waals surface area contributed by atoms with Crippen LogP contribution >= 0.6 is 11.3 Å². The van der Waals surface area contributed by atoms with Crippen molar-refractivity contribution in [1.29, 1.82) is 0 Å². The second-order valence-corrected chi connectivity index (χ2v) is 7.94. The smallest absolute Gasteiger partial charge is 0.357 e. The highest BCUT2D eigenvalue weighted by molar-refractivity contribution is 7.09. The molecule has 0 radical (unpaired) electrons. The summed E-state index contributed by atoms with van der Waals surface area (Å²) < 4.78 is 37.8. The van der Waals surface area contributed by atoms with Crippen LogP contribution < -0.4 is 10.6 Å². The Balaban J connectivity index is 1.71. The average Bonchev–Trinajstić information content (AvgIpc) is 3.09. The van der Waals surface area contributed by atoms with Crippen LogP contribution in [0.15, 0.2) is 10.4 Å². The van der Waals surface area contributed by atoms with E-state index in [-0.39, 0.29) is 6.54 Å². The number of alkyl halides is 3. The highest BCUT2D eigenvalue weighted by atomic mass is 32.1. The minimum atomic E-state index is -4.40. The zero-order valence-electron chi connectivity index (χ0n) is 16.1. The molecule has 0 saturated carbocycles. The lowest BCUT2D eigenvalue weighted by atomic mass is 10.0. The van der Waals surface area contributed by atoms with Gasteiger partial charge in [-0.25, -0.2) is 9.98 Å². The highest BCUT2D eigenvalue weighted by Gasteiger charge is 2.33. The summed E-state index contributed by atoms with van der Waals surface area (Å²) in [5, 5.41) is 7.76. The molecule has 1 atom stereocenters. The van der Waals surface area contributed by atoms with Crippen molar-refractivity contribution in [3.63, 3.8) is 0 Å². The molecule has 1 unspecified atom stereocenters. The van der Waals surface area contributed by atoms with Gasteiger partial charge in [0.15, 0.2) is 11.7 Å². The fourth-order valence-corrected chi connectivity index (χ4v) is 3.88. The van der Waals surface area contributed by atoms with Crippen molar-refractivity contribution in [3.05, 3.63) is 16.1 Å². The number of aromatic nitrogens is 1. The van der Waals surface area contributed by atoms with E-state index in [4.69, 9.17) is 0 Å². The first-order valence-electron chi connectivity index (χ1n) is 9.64. The van der Waals surface area contributed by atoms with E-state index in [2.05, 4.69) is 32.4 Å². The molecule has 5 nitrogen and oxygen atoms in total. The van der Waals surface area contributed by atoms with E-state index in [1.165, 1.54) is 25.9 Å². The van der Waals surface area contributed by atoms with Crippen LogP contribution in [0.2, 0.25) is 0 Å². The topological polar surface area (TPSA) is 52.6 Å². The van der Waals surface area contributed by atoms with Crippen molar-refractivity contribution < 1.29 is 13.2 Å². The first-order valence-corrected chi connectivity index (χ1v) is 10.5. The van der Waals surface area contributed by atoms with Gasteiger partial charge in [-0.1, -0.05) is 6.92 Å². The number of piperidine rings is 1. The summed E-state index contributed by atoms with van der Waals surface area (Å²) in [6.07, 6.45) is 0.395. The summed E-state index contributed by atoms with van der Waals surface area (Å²) >= 11 is 0.985. The van der Waals surface area contributed by atoms with Gasteiger partial charge >= 0.3 is 6.18 Å². The molecule has 1 aliphatic rings. The maximum atomic E-state index is 12.6. The van der Waals surface area contributed by atoms with E-state index in [1.54, 1.807) is 0 Å². The number of thiazole rings is 1. The molecule has 1 aromatic rings. The van der Waals surface area contributed by atoms with E-state index in [1.807, 2.05) is 6.92 Å². The zero-order valence-corrected chi connectivity index (χ0v) is 16.9. The molecule has 1 saturated heterocycles. The molecular weight excluding hydrogens is 375 g/mol. The molecule has 1 aromatic heterocycles. The molecule has 0 bridgehead atoms. The molecule has 27 heavy (non-hydrogen) atoms. The second kappa shape index (κ2) is 10.8. The molecule has 0 aliphatic carbocycles. The molecule has 2 heterocycles. The Kier molecular flexibility index (Phi) is 8.82. The first-order chi connectivity index (χ1) is 12.9. The predicted molar refractivity (Wildman–Crippen MR) is 104 cm³/mol. The van der Waals surface area contributed by atoms with E-state index < -0.39 is 11.9 Å². The van der Waals surface area contributed by atoms with Gasteiger partial charge in [-0.3, -0.25) is 0 Å². The fraction of sp³-hybridized carbons (Fsp3) is 0.778. The number of rotatable bonds is 8. The Labute approximate surface area is 163 Å². The molecule has 9 heteroatoms. The quantitative estimate of drug-likeness (QED) is 0.393. The van der Waals surface area contributed by atoms with Gasteiger partial charge in [-0.15, -0.1) is 11.3 Å². The number of nitrogens with one attached hydrogen (secondary N) is 2. The number of likely N-dealkylation sites (tertiary alicyclic amines) is 1. The molecule has 0 amide bonds. The summed E-state index contributed by atoms with van der Waals surface area (Å²) in [6.45, 7) is 9.43. The Morgan fingerprint density at radius 1 is 1.37 bits per heavy atom.